The van der Waals surface area contributed by atoms with Crippen LogP contribution >= 0.6 is 0 Å². The molecule has 34 heavy (non-hydrogen) atoms. The standard InChI is InChI=1S/C30H46O4/c1-5-26(33)30(15-16-30)27(34)12-14-28(2,3)25-11-10-24-21(7-6-13-29(24,25)4)9-8-20-17-22(31)19-23(32)18-20/h8-9,12,14,22-25,27,31-32,34H,5-7,10-11,13,15-19H2,1-4H3/b14-12+,21-9+/t22-,23-,24+,25-,27-,29+/m1/s1. The first-order chi connectivity index (χ1) is 16.0. The number of aliphatic hydroxyl groups excluding tert-OH is 3. The first-order valence-electron chi connectivity index (χ1n) is 13.7. The van der Waals surface area contributed by atoms with Gasteiger partial charge in [0, 0.05) is 6.42 Å². The quantitative estimate of drug-likeness (QED) is 0.419. The fourth-order valence-electron chi connectivity index (χ4n) is 7.86. The molecule has 190 valence electrons. The Morgan fingerprint density at radius 1 is 1.12 bits per heavy atom. The van der Waals surface area contributed by atoms with E-state index in [0.717, 1.165) is 24.8 Å². The van der Waals surface area contributed by atoms with E-state index < -0.39 is 23.7 Å². The minimum atomic E-state index is -0.668. The summed E-state index contributed by atoms with van der Waals surface area (Å²) in [7, 11) is 0. The summed E-state index contributed by atoms with van der Waals surface area (Å²) in [6, 6.07) is 0. The van der Waals surface area contributed by atoms with Crippen molar-refractivity contribution in [2.75, 3.05) is 0 Å². The van der Waals surface area contributed by atoms with E-state index in [1.54, 1.807) is 0 Å². The number of Topliss-reactive ketones (excluding diaryl/α,β-unsaturated/α-hetero) is 1. The Hall–Kier alpha value is -1.23. The van der Waals surface area contributed by atoms with Gasteiger partial charge in [-0.25, -0.2) is 0 Å². The van der Waals surface area contributed by atoms with Crippen molar-refractivity contribution < 1.29 is 20.1 Å². The molecule has 4 rings (SSSR count). The predicted octanol–water partition coefficient (Wildman–Crippen LogP) is 5.66. The van der Waals surface area contributed by atoms with Gasteiger partial charge in [-0.2, -0.15) is 0 Å². The van der Waals surface area contributed by atoms with E-state index in [9.17, 15) is 20.1 Å². The molecule has 4 heteroatoms. The highest BCUT2D eigenvalue weighted by molar-refractivity contribution is 5.88. The third kappa shape index (κ3) is 4.88. The van der Waals surface area contributed by atoms with Crippen LogP contribution < -0.4 is 0 Å². The lowest BCUT2D eigenvalue weighted by Gasteiger charge is -2.47. The molecule has 4 fully saturated rings. The van der Waals surface area contributed by atoms with Gasteiger partial charge in [0.05, 0.1) is 23.7 Å². The molecule has 0 aliphatic heterocycles. The van der Waals surface area contributed by atoms with Crippen LogP contribution in [-0.2, 0) is 4.79 Å². The van der Waals surface area contributed by atoms with Crippen molar-refractivity contribution in [3.63, 3.8) is 0 Å². The molecule has 4 nitrogen and oxygen atoms in total. The second-order valence-corrected chi connectivity index (χ2v) is 12.6. The van der Waals surface area contributed by atoms with E-state index in [0.29, 0.717) is 37.5 Å². The third-order valence-corrected chi connectivity index (χ3v) is 9.87. The van der Waals surface area contributed by atoms with Crippen LogP contribution in [0, 0.1) is 28.1 Å². The topological polar surface area (TPSA) is 77.8 Å². The predicted molar refractivity (Wildman–Crippen MR) is 136 cm³/mol. The molecule has 6 atom stereocenters. The van der Waals surface area contributed by atoms with Gasteiger partial charge in [-0.15, -0.1) is 0 Å². The monoisotopic (exact) mass is 470 g/mol. The number of hydrogen-bond donors (Lipinski definition) is 3. The van der Waals surface area contributed by atoms with Crippen molar-refractivity contribution >= 4 is 5.78 Å². The van der Waals surface area contributed by atoms with Gasteiger partial charge < -0.3 is 15.3 Å². The minimum Gasteiger partial charge on any atom is -0.393 e. The normalized spacial score (nSPS) is 37.6. The largest absolute Gasteiger partial charge is 0.393 e. The molecule has 4 aliphatic rings. The van der Waals surface area contributed by atoms with Gasteiger partial charge in [-0.05, 0) is 86.9 Å². The lowest BCUT2D eigenvalue weighted by atomic mass is 9.57. The molecular formula is C30H46O4. The maximum atomic E-state index is 12.4. The van der Waals surface area contributed by atoms with Gasteiger partial charge in [0.2, 0.25) is 0 Å². The van der Waals surface area contributed by atoms with Crippen molar-refractivity contribution in [3.05, 3.63) is 35.5 Å². The molecular weight excluding hydrogens is 424 g/mol. The van der Waals surface area contributed by atoms with Gasteiger partial charge >= 0.3 is 0 Å². The number of carbonyl (C=O) groups is 1. The maximum absolute atomic E-state index is 12.4. The fourth-order valence-corrected chi connectivity index (χ4v) is 7.86. The number of rotatable bonds is 7. The number of allylic oxidation sites excluding steroid dienone is 4. The zero-order valence-corrected chi connectivity index (χ0v) is 21.7. The molecule has 0 bridgehead atoms. The second-order valence-electron chi connectivity index (χ2n) is 12.6. The number of carbonyl (C=O) groups excluding carboxylic acids is 1. The van der Waals surface area contributed by atoms with Crippen LogP contribution in [0.2, 0.25) is 0 Å². The van der Waals surface area contributed by atoms with Gasteiger partial charge in [-0.1, -0.05) is 63.1 Å². The van der Waals surface area contributed by atoms with Gasteiger partial charge in [-0.3, -0.25) is 4.79 Å². The Morgan fingerprint density at radius 2 is 1.79 bits per heavy atom. The molecule has 0 aromatic heterocycles. The van der Waals surface area contributed by atoms with Gasteiger partial charge in [0.15, 0.2) is 0 Å². The van der Waals surface area contributed by atoms with Crippen molar-refractivity contribution in [3.8, 4) is 0 Å². The highest BCUT2D eigenvalue weighted by Gasteiger charge is 2.55. The van der Waals surface area contributed by atoms with Crippen LogP contribution in [0.1, 0.15) is 98.3 Å². The lowest BCUT2D eigenvalue weighted by Crippen LogP contribution is -2.39. The molecule has 3 N–H and O–H groups in total. The first-order valence-corrected chi connectivity index (χ1v) is 13.7. The van der Waals surface area contributed by atoms with Gasteiger partial charge in [0.25, 0.3) is 0 Å². The number of hydrogen-bond acceptors (Lipinski definition) is 4. The summed E-state index contributed by atoms with van der Waals surface area (Å²) in [4.78, 5) is 12.4. The highest BCUT2D eigenvalue weighted by Crippen LogP contribution is 2.62. The summed E-state index contributed by atoms with van der Waals surface area (Å²) in [5, 5.41) is 30.9. The average Bonchev–Trinajstić information content (AvgIpc) is 3.50. The Balaban J connectivity index is 1.49. The molecule has 0 aromatic rings. The van der Waals surface area contributed by atoms with Crippen LogP contribution in [0.15, 0.2) is 35.5 Å². The van der Waals surface area contributed by atoms with E-state index in [2.05, 4.69) is 39.0 Å². The average molecular weight is 471 g/mol. The van der Waals surface area contributed by atoms with E-state index in [4.69, 9.17) is 0 Å². The summed E-state index contributed by atoms with van der Waals surface area (Å²) in [5.74, 6) is 1.29. The van der Waals surface area contributed by atoms with Crippen LogP contribution in [0.4, 0.5) is 0 Å². The molecule has 0 unspecified atom stereocenters. The minimum absolute atomic E-state index is 0.0473. The smallest absolute Gasteiger partial charge is 0.141 e. The molecule has 0 spiro atoms. The van der Waals surface area contributed by atoms with Crippen molar-refractivity contribution in [1.82, 2.24) is 0 Å². The Morgan fingerprint density at radius 3 is 2.41 bits per heavy atom. The van der Waals surface area contributed by atoms with Crippen LogP contribution in [0.3, 0.4) is 0 Å². The summed E-state index contributed by atoms with van der Waals surface area (Å²) >= 11 is 0. The SMILES string of the molecule is CCC(=O)C1([C@H](O)/C=C/C(C)(C)[C@H]2CC[C@H]3/C(=C/C=C4C[C@@H](O)C[C@H](O)C4)CCC[C@]23C)CC1. The van der Waals surface area contributed by atoms with E-state index in [-0.39, 0.29) is 16.6 Å². The lowest BCUT2D eigenvalue weighted by molar-refractivity contribution is -0.126. The Kier molecular flexibility index (Phi) is 7.35. The van der Waals surface area contributed by atoms with Crippen LogP contribution in [0.5, 0.6) is 0 Å². The summed E-state index contributed by atoms with van der Waals surface area (Å²) in [6.07, 6.45) is 17.0. The van der Waals surface area contributed by atoms with E-state index in [1.165, 1.54) is 31.3 Å². The fraction of sp³-hybridized carbons (Fsp3) is 0.767. The molecule has 4 saturated carbocycles. The highest BCUT2D eigenvalue weighted by atomic mass is 16.3. The summed E-state index contributed by atoms with van der Waals surface area (Å²) < 4.78 is 0. The first kappa shape index (κ1) is 25.9. The van der Waals surface area contributed by atoms with Gasteiger partial charge in [0.1, 0.15) is 5.78 Å². The molecule has 4 aliphatic carbocycles. The third-order valence-electron chi connectivity index (χ3n) is 9.87. The van der Waals surface area contributed by atoms with E-state index >= 15 is 0 Å². The second kappa shape index (κ2) is 9.67. The number of fused-ring (bicyclic) bond motifs is 1. The molecule has 0 radical (unpaired) electrons. The summed E-state index contributed by atoms with van der Waals surface area (Å²) in [6.45, 7) is 8.98. The number of aliphatic hydroxyl groups is 3. The molecule has 0 heterocycles. The van der Waals surface area contributed by atoms with Crippen molar-refractivity contribution in [1.29, 1.82) is 0 Å². The van der Waals surface area contributed by atoms with Crippen LogP contribution in [-0.4, -0.2) is 39.4 Å². The maximum Gasteiger partial charge on any atom is 0.141 e. The molecule has 0 saturated heterocycles. The van der Waals surface area contributed by atoms with Crippen molar-refractivity contribution in [2.45, 2.75) is 117 Å². The summed E-state index contributed by atoms with van der Waals surface area (Å²) in [5.41, 5.74) is 2.35. The van der Waals surface area contributed by atoms with Crippen LogP contribution in [0.25, 0.3) is 0 Å². The zero-order valence-electron chi connectivity index (χ0n) is 21.7. The Labute approximate surface area is 206 Å². The van der Waals surface area contributed by atoms with E-state index in [1.807, 2.05) is 13.0 Å². The molecule has 0 amide bonds. The zero-order chi connectivity index (χ0) is 24.7. The van der Waals surface area contributed by atoms with Crippen molar-refractivity contribution in [2.24, 2.45) is 28.1 Å². The molecule has 0 aromatic carbocycles. The Bertz CT molecular complexity index is 849. The number of ketones is 1.